The van der Waals surface area contributed by atoms with Gasteiger partial charge in [-0.05, 0) is 18.7 Å². The van der Waals surface area contributed by atoms with Gasteiger partial charge in [0.15, 0.2) is 5.82 Å². The van der Waals surface area contributed by atoms with Crippen molar-refractivity contribution in [3.8, 4) is 0 Å². The number of fused-ring (bicyclic) bond motifs is 1. The molecule has 0 amide bonds. The van der Waals surface area contributed by atoms with Crippen molar-refractivity contribution in [3.63, 3.8) is 0 Å². The van der Waals surface area contributed by atoms with E-state index in [2.05, 4.69) is 42.2 Å². The van der Waals surface area contributed by atoms with Gasteiger partial charge in [-0.3, -0.25) is 4.98 Å². The Morgan fingerprint density at radius 1 is 1.08 bits per heavy atom. The van der Waals surface area contributed by atoms with Gasteiger partial charge in [0.2, 0.25) is 5.95 Å². The predicted molar refractivity (Wildman–Crippen MR) is 99.2 cm³/mol. The molecule has 1 N–H and O–H groups in total. The molecule has 0 radical (unpaired) electrons. The molecule has 0 saturated carbocycles. The zero-order chi connectivity index (χ0) is 17.1. The number of pyridine rings is 1. The van der Waals surface area contributed by atoms with E-state index in [-0.39, 0.29) is 0 Å². The molecule has 1 aliphatic heterocycles. The molecule has 2 aromatic heterocycles. The molecule has 1 aromatic carbocycles. The number of para-hydroxylation sites is 1. The standard InChI is InChI=1S/C18H21N7/c1-2-24-9-11-25(12-10-24)16-13-20-23-18(22-16)21-15-7-3-5-14-6-4-8-19-17(14)15/h3-8,13H,2,9-12H2,1H3,(H,21,22,23). The van der Waals surface area contributed by atoms with Crippen LogP contribution in [-0.4, -0.2) is 57.8 Å². The third kappa shape index (κ3) is 3.36. The minimum Gasteiger partial charge on any atom is -0.353 e. The Labute approximate surface area is 146 Å². The maximum absolute atomic E-state index is 4.64. The average molecular weight is 335 g/mol. The Kier molecular flexibility index (Phi) is 4.39. The van der Waals surface area contributed by atoms with Crippen molar-refractivity contribution in [2.24, 2.45) is 0 Å². The lowest BCUT2D eigenvalue weighted by Gasteiger charge is -2.34. The summed E-state index contributed by atoms with van der Waals surface area (Å²) >= 11 is 0. The minimum atomic E-state index is 0.494. The first-order chi connectivity index (χ1) is 12.3. The Morgan fingerprint density at radius 3 is 2.76 bits per heavy atom. The normalized spacial score (nSPS) is 15.5. The van der Waals surface area contributed by atoms with Gasteiger partial charge in [0.25, 0.3) is 0 Å². The van der Waals surface area contributed by atoms with Gasteiger partial charge in [-0.2, -0.15) is 10.1 Å². The van der Waals surface area contributed by atoms with Gasteiger partial charge in [-0.25, -0.2) is 0 Å². The summed E-state index contributed by atoms with van der Waals surface area (Å²) in [6.45, 7) is 7.31. The molecular weight excluding hydrogens is 314 g/mol. The number of likely N-dealkylation sites (N-methyl/N-ethyl adjacent to an activating group) is 1. The predicted octanol–water partition coefficient (Wildman–Crippen LogP) is 2.31. The summed E-state index contributed by atoms with van der Waals surface area (Å²) in [5.41, 5.74) is 1.78. The largest absolute Gasteiger partial charge is 0.353 e. The lowest BCUT2D eigenvalue weighted by atomic mass is 10.2. The van der Waals surface area contributed by atoms with Crippen molar-refractivity contribution in [2.45, 2.75) is 6.92 Å². The van der Waals surface area contributed by atoms with Crippen molar-refractivity contribution in [3.05, 3.63) is 42.7 Å². The maximum Gasteiger partial charge on any atom is 0.249 e. The fourth-order valence-electron chi connectivity index (χ4n) is 3.12. The molecule has 3 heterocycles. The topological polar surface area (TPSA) is 70.1 Å². The van der Waals surface area contributed by atoms with Crippen LogP contribution in [0.1, 0.15) is 6.92 Å². The average Bonchev–Trinajstić information content (AvgIpc) is 2.69. The van der Waals surface area contributed by atoms with Crippen molar-refractivity contribution < 1.29 is 0 Å². The number of nitrogens with zero attached hydrogens (tertiary/aromatic N) is 6. The zero-order valence-corrected chi connectivity index (χ0v) is 14.3. The summed E-state index contributed by atoms with van der Waals surface area (Å²) < 4.78 is 0. The molecule has 1 aliphatic rings. The molecule has 25 heavy (non-hydrogen) atoms. The van der Waals surface area contributed by atoms with Gasteiger partial charge >= 0.3 is 0 Å². The van der Waals surface area contributed by atoms with E-state index >= 15 is 0 Å². The van der Waals surface area contributed by atoms with Crippen LogP contribution in [0.2, 0.25) is 0 Å². The van der Waals surface area contributed by atoms with Crippen molar-refractivity contribution in [1.29, 1.82) is 0 Å². The van der Waals surface area contributed by atoms with Crippen LogP contribution in [0.3, 0.4) is 0 Å². The smallest absolute Gasteiger partial charge is 0.249 e. The summed E-state index contributed by atoms with van der Waals surface area (Å²) in [6.07, 6.45) is 3.52. The molecule has 7 nitrogen and oxygen atoms in total. The van der Waals surface area contributed by atoms with E-state index in [1.165, 1.54) is 0 Å². The third-order valence-electron chi connectivity index (χ3n) is 4.57. The molecule has 1 fully saturated rings. The number of benzene rings is 1. The van der Waals surface area contributed by atoms with Crippen LogP contribution < -0.4 is 10.2 Å². The summed E-state index contributed by atoms with van der Waals surface area (Å²) in [7, 11) is 0. The van der Waals surface area contributed by atoms with Gasteiger partial charge in [0, 0.05) is 37.8 Å². The Bertz CT molecular complexity index is 853. The lowest BCUT2D eigenvalue weighted by Crippen LogP contribution is -2.46. The molecule has 0 aliphatic carbocycles. The Balaban J connectivity index is 1.55. The Hall–Kier alpha value is -2.80. The highest BCUT2D eigenvalue weighted by molar-refractivity contribution is 5.91. The van der Waals surface area contributed by atoms with E-state index in [0.29, 0.717) is 5.95 Å². The number of aromatic nitrogens is 4. The van der Waals surface area contributed by atoms with Crippen LogP contribution in [0, 0.1) is 0 Å². The van der Waals surface area contributed by atoms with Crippen molar-refractivity contribution in [1.82, 2.24) is 25.1 Å². The van der Waals surface area contributed by atoms with Gasteiger partial charge in [0.05, 0.1) is 17.4 Å². The zero-order valence-electron chi connectivity index (χ0n) is 14.3. The second kappa shape index (κ2) is 6.98. The molecule has 3 aromatic rings. The second-order valence-corrected chi connectivity index (χ2v) is 6.07. The SMILES string of the molecule is CCN1CCN(c2cnnc(Nc3cccc4cccnc34)n2)CC1. The van der Waals surface area contributed by atoms with Crippen molar-refractivity contribution in [2.75, 3.05) is 42.9 Å². The molecule has 128 valence electrons. The minimum absolute atomic E-state index is 0.494. The van der Waals surface area contributed by atoms with Crippen LogP contribution in [0.5, 0.6) is 0 Å². The molecule has 4 rings (SSSR count). The number of anilines is 3. The van der Waals surface area contributed by atoms with Crippen LogP contribution >= 0.6 is 0 Å². The van der Waals surface area contributed by atoms with Crippen LogP contribution in [0.15, 0.2) is 42.7 Å². The molecule has 0 spiro atoms. The Morgan fingerprint density at radius 2 is 1.92 bits per heavy atom. The highest BCUT2D eigenvalue weighted by Gasteiger charge is 2.17. The van der Waals surface area contributed by atoms with Gasteiger partial charge < -0.3 is 15.1 Å². The molecule has 0 bridgehead atoms. The quantitative estimate of drug-likeness (QED) is 0.784. The lowest BCUT2D eigenvalue weighted by molar-refractivity contribution is 0.270. The van der Waals surface area contributed by atoms with E-state index < -0.39 is 0 Å². The summed E-state index contributed by atoms with van der Waals surface area (Å²) in [6, 6.07) is 9.98. The molecule has 1 saturated heterocycles. The number of rotatable bonds is 4. The number of hydrogen-bond donors (Lipinski definition) is 1. The van der Waals surface area contributed by atoms with Gasteiger partial charge in [-0.15, -0.1) is 5.10 Å². The van der Waals surface area contributed by atoms with Crippen LogP contribution in [0.4, 0.5) is 17.5 Å². The number of hydrogen-bond acceptors (Lipinski definition) is 7. The number of piperazine rings is 1. The first-order valence-electron chi connectivity index (χ1n) is 8.61. The highest BCUT2D eigenvalue weighted by atomic mass is 15.3. The first kappa shape index (κ1) is 15.7. The molecule has 0 unspecified atom stereocenters. The van der Waals surface area contributed by atoms with Crippen LogP contribution in [0.25, 0.3) is 10.9 Å². The van der Waals surface area contributed by atoms with E-state index in [1.807, 2.05) is 30.3 Å². The van der Waals surface area contributed by atoms with E-state index in [0.717, 1.165) is 55.1 Å². The van der Waals surface area contributed by atoms with Crippen molar-refractivity contribution >= 4 is 28.4 Å². The monoisotopic (exact) mass is 335 g/mol. The van der Waals surface area contributed by atoms with Gasteiger partial charge in [0.1, 0.15) is 0 Å². The van der Waals surface area contributed by atoms with E-state index in [4.69, 9.17) is 0 Å². The third-order valence-corrected chi connectivity index (χ3v) is 4.57. The first-order valence-corrected chi connectivity index (χ1v) is 8.61. The summed E-state index contributed by atoms with van der Waals surface area (Å²) in [5.74, 6) is 1.36. The fourth-order valence-corrected chi connectivity index (χ4v) is 3.12. The summed E-state index contributed by atoms with van der Waals surface area (Å²) in [5, 5.41) is 12.6. The second-order valence-electron chi connectivity index (χ2n) is 6.07. The molecule has 0 atom stereocenters. The highest BCUT2D eigenvalue weighted by Crippen LogP contribution is 2.23. The summed E-state index contributed by atoms with van der Waals surface area (Å²) in [4.78, 5) is 13.8. The fraction of sp³-hybridized carbons (Fsp3) is 0.333. The maximum atomic E-state index is 4.64. The molecule has 7 heteroatoms. The van der Waals surface area contributed by atoms with E-state index in [1.54, 1.807) is 12.4 Å². The molecular formula is C18H21N7. The van der Waals surface area contributed by atoms with Gasteiger partial charge in [-0.1, -0.05) is 25.1 Å². The van der Waals surface area contributed by atoms with Crippen LogP contribution in [-0.2, 0) is 0 Å². The number of nitrogens with one attached hydrogen (secondary N) is 1. The van der Waals surface area contributed by atoms with E-state index in [9.17, 15) is 0 Å².